The third-order valence-corrected chi connectivity index (χ3v) is 7.11. The molecule has 1 saturated carbocycles. The van der Waals surface area contributed by atoms with Gasteiger partial charge in [-0.05, 0) is 44.9 Å². The number of carbonyl (C=O) groups is 1. The van der Waals surface area contributed by atoms with Crippen molar-refractivity contribution in [3.63, 3.8) is 0 Å². The molecule has 0 spiro atoms. The fraction of sp³-hybridized carbons (Fsp3) is 0.500. The van der Waals surface area contributed by atoms with Crippen molar-refractivity contribution in [3.05, 3.63) is 28.2 Å². The van der Waals surface area contributed by atoms with Gasteiger partial charge in [0.15, 0.2) is 9.84 Å². The van der Waals surface area contributed by atoms with E-state index in [4.69, 9.17) is 23.2 Å². The van der Waals surface area contributed by atoms with Crippen molar-refractivity contribution in [2.75, 3.05) is 11.9 Å². The largest absolute Gasteiger partial charge is 0.314 e. The van der Waals surface area contributed by atoms with Gasteiger partial charge in [-0.1, -0.05) is 23.2 Å². The van der Waals surface area contributed by atoms with Gasteiger partial charge in [0.1, 0.15) is 4.75 Å². The normalized spacial score (nSPS) is 15.9. The number of anilines is 1. The lowest BCUT2D eigenvalue weighted by atomic mass is 10.1. The van der Waals surface area contributed by atoms with Gasteiger partial charge in [0, 0.05) is 22.8 Å². The topological polar surface area (TPSA) is 54.5 Å². The number of amides is 1. The van der Waals surface area contributed by atoms with E-state index in [-0.39, 0.29) is 0 Å². The van der Waals surface area contributed by atoms with E-state index in [0.29, 0.717) is 28.6 Å². The zero-order valence-corrected chi connectivity index (χ0v) is 14.4. The monoisotopic (exact) mass is 349 g/mol. The van der Waals surface area contributed by atoms with E-state index in [1.807, 2.05) is 0 Å². The van der Waals surface area contributed by atoms with Crippen molar-refractivity contribution >= 4 is 44.6 Å². The first kappa shape index (κ1) is 16.6. The van der Waals surface area contributed by atoms with Gasteiger partial charge in [-0.25, -0.2) is 8.42 Å². The summed E-state index contributed by atoms with van der Waals surface area (Å²) >= 11 is 11.8. The van der Waals surface area contributed by atoms with Crippen LogP contribution in [0, 0.1) is 0 Å². The van der Waals surface area contributed by atoms with Crippen LogP contribution in [0.3, 0.4) is 0 Å². The molecule has 21 heavy (non-hydrogen) atoms. The molecular weight excluding hydrogens is 333 g/mol. The lowest BCUT2D eigenvalue weighted by molar-refractivity contribution is -0.120. The number of nitrogens with zero attached hydrogens (tertiary/aromatic N) is 1. The van der Waals surface area contributed by atoms with Crippen LogP contribution in [0.15, 0.2) is 18.2 Å². The molecule has 0 radical (unpaired) electrons. The maximum absolute atomic E-state index is 12.6. The summed E-state index contributed by atoms with van der Waals surface area (Å²) < 4.78 is 23.4. The summed E-state index contributed by atoms with van der Waals surface area (Å²) in [6.07, 6.45) is 1.26. The Balaban J connectivity index is 2.34. The number of hydrogen-bond acceptors (Lipinski definition) is 3. The fourth-order valence-electron chi connectivity index (χ4n) is 2.17. The molecule has 4 nitrogen and oxygen atoms in total. The van der Waals surface area contributed by atoms with Crippen molar-refractivity contribution < 1.29 is 13.2 Å². The summed E-state index contributed by atoms with van der Waals surface area (Å²) in [5.74, 6) is -0.493. The van der Waals surface area contributed by atoms with Crippen LogP contribution in [-0.4, -0.2) is 31.4 Å². The van der Waals surface area contributed by atoms with Crippen LogP contribution in [-0.2, 0) is 14.6 Å². The summed E-state index contributed by atoms with van der Waals surface area (Å²) in [7, 11) is -1.97. The predicted molar refractivity (Wildman–Crippen MR) is 85.9 cm³/mol. The molecule has 1 aromatic carbocycles. The Bertz CT molecular complexity index is 661. The molecule has 0 aliphatic heterocycles. The molecule has 0 atom stereocenters. The lowest BCUT2D eigenvalue weighted by Crippen LogP contribution is -2.50. The second kappa shape index (κ2) is 5.45. The van der Waals surface area contributed by atoms with Crippen LogP contribution in [0.5, 0.6) is 0 Å². The molecule has 1 amide bonds. The van der Waals surface area contributed by atoms with Crippen LogP contribution in [0.25, 0.3) is 0 Å². The van der Waals surface area contributed by atoms with E-state index in [9.17, 15) is 13.2 Å². The zero-order valence-electron chi connectivity index (χ0n) is 12.1. The van der Waals surface area contributed by atoms with Gasteiger partial charge in [-0.15, -0.1) is 0 Å². The quantitative estimate of drug-likeness (QED) is 0.837. The van der Waals surface area contributed by atoms with Crippen LogP contribution in [0.2, 0.25) is 10.0 Å². The maximum Gasteiger partial charge on any atom is 0.247 e. The second-order valence-corrected chi connectivity index (χ2v) is 9.40. The van der Waals surface area contributed by atoms with Gasteiger partial charge in [0.25, 0.3) is 0 Å². The minimum atomic E-state index is -3.50. The van der Waals surface area contributed by atoms with Gasteiger partial charge < -0.3 is 4.90 Å². The Morgan fingerprint density at radius 3 is 2.10 bits per heavy atom. The highest BCUT2D eigenvalue weighted by Crippen LogP contribution is 2.37. The van der Waals surface area contributed by atoms with Gasteiger partial charge in [0.2, 0.25) is 5.91 Å². The molecule has 0 unspecified atom stereocenters. The molecule has 0 heterocycles. The molecule has 1 fully saturated rings. The van der Waals surface area contributed by atoms with Crippen molar-refractivity contribution in [2.45, 2.75) is 36.7 Å². The zero-order chi connectivity index (χ0) is 16.0. The molecule has 0 N–H and O–H groups in total. The Hall–Kier alpha value is -0.780. The number of hydrogen-bond donors (Lipinski definition) is 0. The molecular formula is C14H17Cl2NO3S. The Labute approximate surface area is 134 Å². The summed E-state index contributed by atoms with van der Waals surface area (Å²) in [4.78, 5) is 13.9. The van der Waals surface area contributed by atoms with E-state index < -0.39 is 25.7 Å². The predicted octanol–water partition coefficient (Wildman–Crippen LogP) is 3.31. The Kier molecular flexibility index (Phi) is 4.30. The third-order valence-electron chi connectivity index (χ3n) is 3.73. The average Bonchev–Trinajstić information content (AvgIpc) is 3.19. The maximum atomic E-state index is 12.6. The van der Waals surface area contributed by atoms with E-state index in [0.717, 1.165) is 0 Å². The number of sulfone groups is 1. The third kappa shape index (κ3) is 3.05. The summed E-state index contributed by atoms with van der Waals surface area (Å²) in [5, 5.41) is 0.382. The summed E-state index contributed by atoms with van der Waals surface area (Å²) in [6.45, 7) is 2.90. The van der Waals surface area contributed by atoms with Crippen LogP contribution in [0.1, 0.15) is 26.7 Å². The van der Waals surface area contributed by atoms with Gasteiger partial charge in [0.05, 0.1) is 5.25 Å². The minimum Gasteiger partial charge on any atom is -0.314 e. The van der Waals surface area contributed by atoms with E-state index in [2.05, 4.69) is 0 Å². The van der Waals surface area contributed by atoms with Crippen molar-refractivity contribution in [1.82, 2.24) is 0 Å². The molecule has 0 bridgehead atoms. The molecule has 1 aliphatic rings. The second-order valence-electron chi connectivity index (χ2n) is 5.75. The molecule has 0 aromatic heterocycles. The Morgan fingerprint density at radius 1 is 1.19 bits per heavy atom. The van der Waals surface area contributed by atoms with Gasteiger partial charge in [-0.2, -0.15) is 0 Å². The van der Waals surface area contributed by atoms with Crippen molar-refractivity contribution in [3.8, 4) is 0 Å². The van der Waals surface area contributed by atoms with Crippen molar-refractivity contribution in [2.24, 2.45) is 0 Å². The van der Waals surface area contributed by atoms with E-state index in [1.54, 1.807) is 18.2 Å². The van der Waals surface area contributed by atoms with Crippen LogP contribution in [0.4, 0.5) is 5.69 Å². The molecule has 0 saturated heterocycles. The molecule has 2 rings (SSSR count). The molecule has 7 heteroatoms. The smallest absolute Gasteiger partial charge is 0.247 e. The molecule has 116 valence electrons. The number of benzene rings is 1. The van der Waals surface area contributed by atoms with E-state index in [1.165, 1.54) is 25.8 Å². The Morgan fingerprint density at radius 2 is 1.67 bits per heavy atom. The van der Waals surface area contributed by atoms with E-state index >= 15 is 0 Å². The highest BCUT2D eigenvalue weighted by molar-refractivity contribution is 7.94. The molecule has 1 aliphatic carbocycles. The highest BCUT2D eigenvalue weighted by atomic mass is 35.5. The number of rotatable bonds is 4. The van der Waals surface area contributed by atoms with Gasteiger partial charge in [-0.3, -0.25) is 4.79 Å². The first-order valence-electron chi connectivity index (χ1n) is 6.55. The van der Waals surface area contributed by atoms with Crippen LogP contribution < -0.4 is 4.90 Å². The summed E-state index contributed by atoms with van der Waals surface area (Å²) in [5.41, 5.74) is 0.469. The SMILES string of the molecule is CN(C(=O)C(C)(C)S(=O)(=O)C1CC1)c1cc(Cl)cc(Cl)c1. The minimum absolute atomic E-state index is 0.389. The molecule has 1 aromatic rings. The number of halogens is 2. The average molecular weight is 350 g/mol. The first-order chi connectivity index (χ1) is 9.57. The van der Waals surface area contributed by atoms with Crippen molar-refractivity contribution in [1.29, 1.82) is 0 Å². The highest BCUT2D eigenvalue weighted by Gasteiger charge is 2.51. The standard InChI is InChI=1S/C14H17Cl2NO3S/c1-14(2,21(19,20)12-4-5-12)13(18)17(3)11-7-9(15)6-10(16)8-11/h6-8,12H,4-5H2,1-3H3. The van der Waals surface area contributed by atoms with Gasteiger partial charge >= 0.3 is 0 Å². The lowest BCUT2D eigenvalue weighted by Gasteiger charge is -2.29. The summed E-state index contributed by atoms with van der Waals surface area (Å²) in [6, 6.07) is 4.70. The number of carbonyl (C=O) groups excluding carboxylic acids is 1. The van der Waals surface area contributed by atoms with Crippen LogP contribution >= 0.6 is 23.2 Å². The fourth-order valence-corrected chi connectivity index (χ4v) is 4.66. The first-order valence-corrected chi connectivity index (χ1v) is 8.85.